The van der Waals surface area contributed by atoms with Gasteiger partial charge < -0.3 is 15.0 Å². The number of sulfonamides is 1. The Balaban J connectivity index is 2.12. The summed E-state index contributed by atoms with van der Waals surface area (Å²) in [4.78, 5) is 28.8. The van der Waals surface area contributed by atoms with Gasteiger partial charge in [0, 0.05) is 13.1 Å². The van der Waals surface area contributed by atoms with Crippen molar-refractivity contribution in [1.29, 1.82) is 0 Å². The van der Waals surface area contributed by atoms with Crippen LogP contribution < -0.4 is 14.4 Å². The molecule has 8 nitrogen and oxygen atoms in total. The van der Waals surface area contributed by atoms with Gasteiger partial charge in [0.25, 0.3) is 10.0 Å². The molecule has 0 radical (unpaired) electrons. The maximum atomic E-state index is 14.2. The van der Waals surface area contributed by atoms with Crippen LogP contribution in [0, 0.1) is 6.92 Å². The van der Waals surface area contributed by atoms with Crippen LogP contribution in [-0.4, -0.2) is 51.4 Å². The van der Waals surface area contributed by atoms with Gasteiger partial charge >= 0.3 is 0 Å². The highest BCUT2D eigenvalue weighted by Crippen LogP contribution is 2.34. The molecule has 0 saturated heterocycles. The van der Waals surface area contributed by atoms with E-state index >= 15 is 0 Å². The van der Waals surface area contributed by atoms with Crippen molar-refractivity contribution in [2.45, 2.75) is 51.1 Å². The third-order valence-corrected chi connectivity index (χ3v) is 9.00. The molecule has 0 aliphatic rings. The molecule has 220 valence electrons. The second-order valence-electron chi connectivity index (χ2n) is 9.49. The molecule has 11 heteroatoms. The molecule has 3 aromatic rings. The molecule has 1 N–H and O–H groups in total. The minimum atomic E-state index is -4.22. The summed E-state index contributed by atoms with van der Waals surface area (Å²) in [6, 6.07) is 17.1. The van der Waals surface area contributed by atoms with E-state index < -0.39 is 28.5 Å². The number of ether oxygens (including phenoxy) is 1. The van der Waals surface area contributed by atoms with Crippen molar-refractivity contribution < 1.29 is 22.7 Å². The Morgan fingerprint density at radius 2 is 1.68 bits per heavy atom. The van der Waals surface area contributed by atoms with Crippen LogP contribution in [-0.2, 0) is 26.2 Å². The smallest absolute Gasteiger partial charge is 0.264 e. The summed E-state index contributed by atoms with van der Waals surface area (Å²) in [5.74, 6) is -0.613. The first-order valence-corrected chi connectivity index (χ1v) is 15.5. The Hall–Kier alpha value is -3.27. The summed E-state index contributed by atoms with van der Waals surface area (Å²) in [7, 11) is -2.78. The summed E-state index contributed by atoms with van der Waals surface area (Å²) in [6.07, 6.45) is 1.03. The average Bonchev–Trinajstić information content (AvgIpc) is 2.96. The lowest BCUT2D eigenvalue weighted by atomic mass is 10.1. The minimum absolute atomic E-state index is 0.0119. The van der Waals surface area contributed by atoms with Crippen LogP contribution in [0.1, 0.15) is 37.8 Å². The highest BCUT2D eigenvalue weighted by Gasteiger charge is 2.34. The number of rotatable bonds is 13. The molecule has 0 spiro atoms. The molecule has 0 aliphatic heterocycles. The Morgan fingerprint density at radius 1 is 0.976 bits per heavy atom. The molecule has 0 bridgehead atoms. The number of anilines is 1. The van der Waals surface area contributed by atoms with E-state index in [1.54, 1.807) is 61.5 Å². The quantitative estimate of drug-likeness (QED) is 0.259. The van der Waals surface area contributed by atoms with Crippen LogP contribution in [0.25, 0.3) is 0 Å². The zero-order chi connectivity index (χ0) is 30.2. The number of methoxy groups -OCH3 is 1. The molecule has 1 atom stereocenters. The fourth-order valence-electron chi connectivity index (χ4n) is 4.35. The van der Waals surface area contributed by atoms with Crippen molar-refractivity contribution in [3.8, 4) is 5.75 Å². The molecule has 3 rings (SSSR count). The Labute approximate surface area is 252 Å². The maximum Gasteiger partial charge on any atom is 0.264 e. The predicted molar refractivity (Wildman–Crippen MR) is 163 cm³/mol. The number of carbonyl (C=O) groups excluding carboxylic acids is 2. The lowest BCUT2D eigenvalue weighted by Gasteiger charge is -2.33. The van der Waals surface area contributed by atoms with Crippen LogP contribution in [0.4, 0.5) is 5.69 Å². The van der Waals surface area contributed by atoms with Gasteiger partial charge in [-0.3, -0.25) is 13.9 Å². The predicted octanol–water partition coefficient (Wildman–Crippen LogP) is 5.84. The van der Waals surface area contributed by atoms with Gasteiger partial charge in [0.2, 0.25) is 11.8 Å². The zero-order valence-electron chi connectivity index (χ0n) is 23.6. The van der Waals surface area contributed by atoms with Crippen LogP contribution in [0.15, 0.2) is 71.6 Å². The van der Waals surface area contributed by atoms with Gasteiger partial charge in [-0.2, -0.15) is 0 Å². The second-order valence-corrected chi connectivity index (χ2v) is 12.2. The number of halogens is 2. The van der Waals surface area contributed by atoms with Gasteiger partial charge in [0.05, 0.1) is 27.7 Å². The molecule has 0 unspecified atom stereocenters. The van der Waals surface area contributed by atoms with Crippen molar-refractivity contribution in [2.24, 2.45) is 0 Å². The number of aryl methyl sites for hydroxylation is 1. The first-order valence-electron chi connectivity index (χ1n) is 13.3. The molecule has 0 aliphatic carbocycles. The van der Waals surface area contributed by atoms with Crippen molar-refractivity contribution >= 4 is 50.7 Å². The topological polar surface area (TPSA) is 96.0 Å². The van der Waals surface area contributed by atoms with Crippen molar-refractivity contribution in [1.82, 2.24) is 10.2 Å². The lowest BCUT2D eigenvalue weighted by molar-refractivity contribution is -0.140. The number of hydrogen-bond donors (Lipinski definition) is 1. The largest absolute Gasteiger partial charge is 0.495 e. The number of carbonyl (C=O) groups is 2. The van der Waals surface area contributed by atoms with Gasteiger partial charge in [0.1, 0.15) is 18.3 Å². The van der Waals surface area contributed by atoms with E-state index in [1.807, 2.05) is 13.8 Å². The molecule has 0 heterocycles. The Morgan fingerprint density at radius 3 is 2.29 bits per heavy atom. The van der Waals surface area contributed by atoms with Crippen LogP contribution in [0.2, 0.25) is 10.0 Å². The van der Waals surface area contributed by atoms with Crippen molar-refractivity contribution in [2.75, 3.05) is 24.5 Å². The first-order chi connectivity index (χ1) is 19.5. The van der Waals surface area contributed by atoms with E-state index in [0.717, 1.165) is 16.3 Å². The number of nitrogens with one attached hydrogen (secondary N) is 1. The van der Waals surface area contributed by atoms with E-state index in [2.05, 4.69) is 5.32 Å². The van der Waals surface area contributed by atoms with Crippen LogP contribution in [0.5, 0.6) is 5.75 Å². The van der Waals surface area contributed by atoms with Gasteiger partial charge in [-0.1, -0.05) is 67.4 Å². The molecule has 41 heavy (non-hydrogen) atoms. The van der Waals surface area contributed by atoms with Gasteiger partial charge in [-0.25, -0.2) is 8.42 Å². The summed E-state index contributed by atoms with van der Waals surface area (Å²) in [5.41, 5.74) is 1.63. The zero-order valence-corrected chi connectivity index (χ0v) is 25.9. The molecular formula is C30H35Cl2N3O5S. The van der Waals surface area contributed by atoms with Crippen LogP contribution in [0.3, 0.4) is 0 Å². The average molecular weight is 621 g/mol. The minimum Gasteiger partial charge on any atom is -0.495 e. The van der Waals surface area contributed by atoms with Crippen molar-refractivity contribution in [3.05, 3.63) is 87.9 Å². The highest BCUT2D eigenvalue weighted by atomic mass is 35.5. The Bertz CT molecular complexity index is 1470. The first kappa shape index (κ1) is 32.2. The molecular weight excluding hydrogens is 585 g/mol. The van der Waals surface area contributed by atoms with Gasteiger partial charge in [-0.15, -0.1) is 0 Å². The highest BCUT2D eigenvalue weighted by molar-refractivity contribution is 7.92. The monoisotopic (exact) mass is 619 g/mol. The number of nitrogens with zero attached hydrogens (tertiary/aromatic N) is 2. The number of amides is 2. The standard InChI is InChI=1S/C30H35Cl2N3O5S/c1-5-16-33-30(37)26(6-2)34(19-22-13-14-24(31)25(32)18-22)29(36)20-35(27-17-21(3)12-15-28(27)40-4)41(38,39)23-10-8-7-9-11-23/h7-15,17-18,26H,5-6,16,19-20H2,1-4H3,(H,33,37)/t26-/m1/s1. The van der Waals surface area contributed by atoms with Crippen molar-refractivity contribution in [3.63, 3.8) is 0 Å². The van der Waals surface area contributed by atoms with E-state index in [0.29, 0.717) is 28.6 Å². The van der Waals surface area contributed by atoms with E-state index in [1.165, 1.54) is 24.1 Å². The lowest BCUT2D eigenvalue weighted by Crippen LogP contribution is -2.52. The van der Waals surface area contributed by atoms with E-state index in [-0.39, 0.29) is 28.8 Å². The SMILES string of the molecule is CCCNC(=O)[C@@H](CC)N(Cc1ccc(Cl)c(Cl)c1)C(=O)CN(c1cc(C)ccc1OC)S(=O)(=O)c1ccccc1. The second kappa shape index (κ2) is 14.6. The van der Waals surface area contributed by atoms with Crippen LogP contribution >= 0.6 is 23.2 Å². The Kier molecular flexibility index (Phi) is 11.5. The third-order valence-electron chi connectivity index (χ3n) is 6.49. The fraction of sp³-hybridized carbons (Fsp3) is 0.333. The molecule has 3 aromatic carbocycles. The third kappa shape index (κ3) is 7.93. The molecule has 0 saturated carbocycles. The summed E-state index contributed by atoms with van der Waals surface area (Å²) in [6.45, 7) is 5.43. The molecule has 2 amide bonds. The fourth-order valence-corrected chi connectivity index (χ4v) is 6.11. The summed E-state index contributed by atoms with van der Waals surface area (Å²) >= 11 is 12.3. The van der Waals surface area contributed by atoms with E-state index in [9.17, 15) is 18.0 Å². The normalized spacial score (nSPS) is 12.0. The summed E-state index contributed by atoms with van der Waals surface area (Å²) in [5, 5.41) is 3.52. The van der Waals surface area contributed by atoms with Gasteiger partial charge in [-0.05, 0) is 67.3 Å². The molecule has 0 aromatic heterocycles. The molecule has 0 fully saturated rings. The van der Waals surface area contributed by atoms with Gasteiger partial charge in [0.15, 0.2) is 0 Å². The maximum absolute atomic E-state index is 14.2. The number of hydrogen-bond acceptors (Lipinski definition) is 5. The number of benzene rings is 3. The summed E-state index contributed by atoms with van der Waals surface area (Å²) < 4.78 is 34.6. The van der Waals surface area contributed by atoms with E-state index in [4.69, 9.17) is 27.9 Å².